The molecule has 4 nitrogen and oxygen atoms in total. The Kier molecular flexibility index (Phi) is 7.28. The maximum absolute atomic E-state index is 11.7. The van der Waals surface area contributed by atoms with Crippen molar-refractivity contribution in [3.63, 3.8) is 0 Å². The Morgan fingerprint density at radius 3 is 2.56 bits per heavy atom. The van der Waals surface area contributed by atoms with E-state index >= 15 is 0 Å². The summed E-state index contributed by atoms with van der Waals surface area (Å²) in [5.41, 5.74) is 0. The lowest BCUT2D eigenvalue weighted by Gasteiger charge is -2.28. The van der Waals surface area contributed by atoms with Crippen LogP contribution < -0.4 is 10.6 Å². The number of carbonyl (C=O) groups is 1. The molecule has 106 valence electrons. The normalized spacial score (nSPS) is 25.7. The van der Waals surface area contributed by atoms with Gasteiger partial charge in [0.2, 0.25) is 5.91 Å². The smallest absolute Gasteiger partial charge is 0.234 e. The highest BCUT2D eigenvalue weighted by Crippen LogP contribution is 2.26. The van der Waals surface area contributed by atoms with Crippen molar-refractivity contribution in [2.24, 2.45) is 5.92 Å². The summed E-state index contributed by atoms with van der Waals surface area (Å²) in [5.74, 6) is 0.968. The number of nitrogens with one attached hydrogen (secondary N) is 2. The SMILES string of the molecule is CCC1CCC(NCC(=O)NC(C)COC)CC1. The van der Waals surface area contributed by atoms with Gasteiger partial charge in [0.05, 0.1) is 13.2 Å². The zero-order valence-electron chi connectivity index (χ0n) is 12.0. The van der Waals surface area contributed by atoms with E-state index in [-0.39, 0.29) is 11.9 Å². The Hall–Kier alpha value is -0.610. The molecule has 0 bridgehead atoms. The van der Waals surface area contributed by atoms with Gasteiger partial charge in [-0.3, -0.25) is 4.79 Å². The third-order valence-corrected chi connectivity index (χ3v) is 3.80. The van der Waals surface area contributed by atoms with Gasteiger partial charge in [-0.2, -0.15) is 0 Å². The van der Waals surface area contributed by atoms with Crippen molar-refractivity contribution in [2.75, 3.05) is 20.3 Å². The molecule has 18 heavy (non-hydrogen) atoms. The van der Waals surface area contributed by atoms with Crippen LogP contribution in [0.15, 0.2) is 0 Å². The summed E-state index contributed by atoms with van der Waals surface area (Å²) in [6.45, 7) is 5.21. The van der Waals surface area contributed by atoms with Gasteiger partial charge in [0.15, 0.2) is 0 Å². The Morgan fingerprint density at radius 1 is 1.33 bits per heavy atom. The Morgan fingerprint density at radius 2 is 2.00 bits per heavy atom. The molecule has 2 N–H and O–H groups in total. The number of methoxy groups -OCH3 is 1. The van der Waals surface area contributed by atoms with Crippen molar-refractivity contribution in [1.82, 2.24) is 10.6 Å². The standard InChI is InChI=1S/C14H28N2O2/c1-4-12-5-7-13(8-6-12)15-9-14(17)16-11(2)10-18-3/h11-13,15H,4-10H2,1-3H3,(H,16,17). The molecular weight excluding hydrogens is 228 g/mol. The summed E-state index contributed by atoms with van der Waals surface area (Å²) in [6.07, 6.45) is 6.31. The van der Waals surface area contributed by atoms with Crippen LogP contribution >= 0.6 is 0 Å². The molecule has 1 saturated carbocycles. The van der Waals surface area contributed by atoms with Crippen LogP contribution in [0.4, 0.5) is 0 Å². The zero-order chi connectivity index (χ0) is 13.4. The molecular formula is C14H28N2O2. The highest BCUT2D eigenvalue weighted by Gasteiger charge is 2.20. The first-order valence-corrected chi connectivity index (χ1v) is 7.17. The Labute approximate surface area is 111 Å². The average Bonchev–Trinajstić information content (AvgIpc) is 2.37. The molecule has 1 amide bonds. The summed E-state index contributed by atoms with van der Waals surface area (Å²) in [7, 11) is 1.65. The van der Waals surface area contributed by atoms with Crippen LogP contribution in [0.3, 0.4) is 0 Å². The summed E-state index contributed by atoms with van der Waals surface area (Å²) in [5, 5.41) is 6.27. The van der Waals surface area contributed by atoms with E-state index in [0.717, 1.165) is 5.92 Å². The van der Waals surface area contributed by atoms with E-state index in [2.05, 4.69) is 17.6 Å². The van der Waals surface area contributed by atoms with Crippen LogP contribution in [0, 0.1) is 5.92 Å². The fraction of sp³-hybridized carbons (Fsp3) is 0.929. The third-order valence-electron chi connectivity index (χ3n) is 3.80. The second-order valence-electron chi connectivity index (χ2n) is 5.43. The summed E-state index contributed by atoms with van der Waals surface area (Å²) >= 11 is 0. The minimum atomic E-state index is 0.0668. The van der Waals surface area contributed by atoms with Crippen LogP contribution in [-0.4, -0.2) is 38.3 Å². The second-order valence-corrected chi connectivity index (χ2v) is 5.43. The molecule has 0 saturated heterocycles. The largest absolute Gasteiger partial charge is 0.383 e. The third kappa shape index (κ3) is 5.83. The highest BCUT2D eigenvalue weighted by molar-refractivity contribution is 5.78. The molecule has 4 heteroatoms. The van der Waals surface area contributed by atoms with Crippen molar-refractivity contribution < 1.29 is 9.53 Å². The van der Waals surface area contributed by atoms with E-state index in [0.29, 0.717) is 19.2 Å². The van der Waals surface area contributed by atoms with Gasteiger partial charge in [0.25, 0.3) is 0 Å². The van der Waals surface area contributed by atoms with Gasteiger partial charge >= 0.3 is 0 Å². The summed E-state index contributed by atoms with van der Waals surface area (Å²) < 4.78 is 4.99. The number of hydrogen-bond acceptors (Lipinski definition) is 3. The number of rotatable bonds is 7. The number of ether oxygens (including phenoxy) is 1. The molecule has 1 fully saturated rings. The predicted octanol–water partition coefficient (Wildman–Crippen LogP) is 1.70. The Balaban J connectivity index is 2.11. The molecule has 0 spiro atoms. The van der Waals surface area contributed by atoms with Crippen LogP contribution in [0.1, 0.15) is 46.0 Å². The maximum Gasteiger partial charge on any atom is 0.234 e. The fourth-order valence-electron chi connectivity index (χ4n) is 2.63. The summed E-state index contributed by atoms with van der Waals surface area (Å²) in [6, 6.07) is 0.608. The fourth-order valence-corrected chi connectivity index (χ4v) is 2.63. The van der Waals surface area contributed by atoms with E-state index in [9.17, 15) is 4.79 Å². The van der Waals surface area contributed by atoms with Gasteiger partial charge in [-0.05, 0) is 38.5 Å². The van der Waals surface area contributed by atoms with Crippen LogP contribution in [0.2, 0.25) is 0 Å². The molecule has 1 rings (SSSR count). The quantitative estimate of drug-likeness (QED) is 0.729. The van der Waals surface area contributed by atoms with Gasteiger partial charge in [-0.25, -0.2) is 0 Å². The van der Waals surface area contributed by atoms with E-state index in [1.165, 1.54) is 32.1 Å². The van der Waals surface area contributed by atoms with Crippen molar-refractivity contribution in [1.29, 1.82) is 0 Å². The van der Waals surface area contributed by atoms with Crippen molar-refractivity contribution in [3.05, 3.63) is 0 Å². The molecule has 1 unspecified atom stereocenters. The van der Waals surface area contributed by atoms with Crippen LogP contribution in [0.25, 0.3) is 0 Å². The predicted molar refractivity (Wildman–Crippen MR) is 73.5 cm³/mol. The van der Waals surface area contributed by atoms with Crippen LogP contribution in [-0.2, 0) is 9.53 Å². The molecule has 1 aliphatic rings. The lowest BCUT2D eigenvalue weighted by atomic mass is 9.84. The summed E-state index contributed by atoms with van der Waals surface area (Å²) in [4.78, 5) is 11.7. The Bertz CT molecular complexity index is 238. The molecule has 0 aromatic rings. The monoisotopic (exact) mass is 256 g/mol. The number of carbonyl (C=O) groups excluding carboxylic acids is 1. The first-order chi connectivity index (χ1) is 8.65. The van der Waals surface area contributed by atoms with Gasteiger partial charge in [0, 0.05) is 19.2 Å². The minimum Gasteiger partial charge on any atom is -0.383 e. The van der Waals surface area contributed by atoms with Crippen molar-refractivity contribution in [2.45, 2.75) is 58.0 Å². The lowest BCUT2D eigenvalue weighted by Crippen LogP contribution is -2.44. The van der Waals surface area contributed by atoms with Crippen LogP contribution in [0.5, 0.6) is 0 Å². The zero-order valence-corrected chi connectivity index (χ0v) is 12.0. The molecule has 0 heterocycles. The molecule has 1 aliphatic carbocycles. The lowest BCUT2D eigenvalue weighted by molar-refractivity contribution is -0.121. The topological polar surface area (TPSA) is 50.4 Å². The molecule has 0 radical (unpaired) electrons. The van der Waals surface area contributed by atoms with E-state index in [4.69, 9.17) is 4.74 Å². The van der Waals surface area contributed by atoms with Gasteiger partial charge in [0.1, 0.15) is 0 Å². The maximum atomic E-state index is 11.7. The van der Waals surface area contributed by atoms with Crippen molar-refractivity contribution >= 4 is 5.91 Å². The van der Waals surface area contributed by atoms with E-state index < -0.39 is 0 Å². The number of hydrogen-bond donors (Lipinski definition) is 2. The average molecular weight is 256 g/mol. The van der Waals surface area contributed by atoms with Gasteiger partial charge in [-0.1, -0.05) is 13.3 Å². The first kappa shape index (κ1) is 15.4. The van der Waals surface area contributed by atoms with Crippen molar-refractivity contribution in [3.8, 4) is 0 Å². The number of amides is 1. The second kappa shape index (κ2) is 8.48. The molecule has 1 atom stereocenters. The highest BCUT2D eigenvalue weighted by atomic mass is 16.5. The van der Waals surface area contributed by atoms with Gasteiger partial charge < -0.3 is 15.4 Å². The van der Waals surface area contributed by atoms with E-state index in [1.54, 1.807) is 7.11 Å². The minimum absolute atomic E-state index is 0.0668. The molecule has 0 aromatic carbocycles. The van der Waals surface area contributed by atoms with E-state index in [1.807, 2.05) is 6.92 Å². The first-order valence-electron chi connectivity index (χ1n) is 7.17. The molecule has 0 aliphatic heterocycles. The molecule has 0 aromatic heterocycles. The van der Waals surface area contributed by atoms with Gasteiger partial charge in [-0.15, -0.1) is 0 Å².